The number of ketones is 1. The average Bonchev–Trinajstić information content (AvgIpc) is 3.07. The molecule has 0 aliphatic heterocycles. The number of hydrogen-bond acceptors (Lipinski definition) is 6. The second-order valence-corrected chi connectivity index (χ2v) is 7.34. The van der Waals surface area contributed by atoms with E-state index in [1.807, 2.05) is 30.3 Å². The van der Waals surface area contributed by atoms with Crippen LogP contribution in [-0.2, 0) is 16.0 Å². The summed E-state index contributed by atoms with van der Waals surface area (Å²) in [5.74, 6) is 5.44. The van der Waals surface area contributed by atoms with Crippen LogP contribution in [-0.4, -0.2) is 38.4 Å². The molecule has 0 fully saturated rings. The smallest absolute Gasteiger partial charge is 0.231 e. The quantitative estimate of drug-likeness (QED) is 0.434. The topological polar surface area (TPSA) is 103 Å². The van der Waals surface area contributed by atoms with Crippen molar-refractivity contribution in [2.45, 2.75) is 24.5 Å². The number of nitrogens with zero attached hydrogens (tertiary/aromatic N) is 3. The number of carbonyl (C=O) groups is 2. The van der Waals surface area contributed by atoms with E-state index in [0.29, 0.717) is 17.1 Å². The molecule has 3 aromatic rings. The van der Waals surface area contributed by atoms with Crippen LogP contribution in [0.1, 0.15) is 12.5 Å². The lowest BCUT2D eigenvalue weighted by Crippen LogP contribution is -2.42. The number of hydrogen-bond donors (Lipinski definition) is 2. The molecule has 9 heteroatoms. The van der Waals surface area contributed by atoms with Crippen molar-refractivity contribution < 1.29 is 14.0 Å². The van der Waals surface area contributed by atoms with E-state index in [1.54, 1.807) is 12.1 Å². The maximum Gasteiger partial charge on any atom is 0.231 e. The van der Waals surface area contributed by atoms with E-state index < -0.39 is 11.9 Å². The van der Waals surface area contributed by atoms with Gasteiger partial charge in [0, 0.05) is 5.56 Å². The highest BCUT2D eigenvalue weighted by Crippen LogP contribution is 2.22. The summed E-state index contributed by atoms with van der Waals surface area (Å²) in [4.78, 5) is 24.2. The van der Waals surface area contributed by atoms with Gasteiger partial charge in [-0.3, -0.25) is 9.59 Å². The number of thioether (sulfide) groups is 1. The third-order valence-corrected chi connectivity index (χ3v) is 5.13. The number of benzene rings is 2. The highest BCUT2D eigenvalue weighted by molar-refractivity contribution is 7.99. The number of rotatable bonds is 8. The van der Waals surface area contributed by atoms with Gasteiger partial charge in [0.15, 0.2) is 11.6 Å². The van der Waals surface area contributed by atoms with E-state index in [-0.39, 0.29) is 23.3 Å². The molecule has 7 nitrogen and oxygen atoms in total. The Labute approximate surface area is 171 Å². The van der Waals surface area contributed by atoms with Crippen LogP contribution in [0.4, 0.5) is 4.39 Å². The van der Waals surface area contributed by atoms with Gasteiger partial charge in [-0.25, -0.2) is 9.07 Å². The number of nitrogen functional groups attached to an aromatic ring is 1. The van der Waals surface area contributed by atoms with Gasteiger partial charge in [-0.1, -0.05) is 54.2 Å². The van der Waals surface area contributed by atoms with Crippen molar-refractivity contribution in [2.24, 2.45) is 0 Å². The first kappa shape index (κ1) is 20.5. The van der Waals surface area contributed by atoms with Gasteiger partial charge in [0.2, 0.25) is 11.1 Å². The van der Waals surface area contributed by atoms with E-state index in [9.17, 15) is 14.0 Å². The Morgan fingerprint density at radius 2 is 1.93 bits per heavy atom. The standard InChI is InChI=1S/C20H20FN5O2S/c1-13(27)17(10-14-6-3-2-4-7-14)23-18(28)12-29-20-25-24-19(26(20)22)15-8-5-9-16(21)11-15/h2-9,11,17H,10,12,22H2,1H3,(H,23,28)/t17-/m1/s1. The first-order chi connectivity index (χ1) is 13.9. The largest absolute Gasteiger partial charge is 0.345 e. The SMILES string of the molecule is CC(=O)[C@@H](Cc1ccccc1)NC(=O)CSc1nnc(-c2cccc(F)c2)n1N. The van der Waals surface area contributed by atoms with Gasteiger partial charge in [0.25, 0.3) is 0 Å². The lowest BCUT2D eigenvalue weighted by atomic mass is 10.0. The van der Waals surface area contributed by atoms with Gasteiger partial charge in [-0.05, 0) is 31.0 Å². The van der Waals surface area contributed by atoms with Crippen molar-refractivity contribution in [2.75, 3.05) is 11.6 Å². The summed E-state index contributed by atoms with van der Waals surface area (Å²) in [5.41, 5.74) is 1.44. The Morgan fingerprint density at radius 1 is 1.17 bits per heavy atom. The highest BCUT2D eigenvalue weighted by Gasteiger charge is 2.19. The number of Topliss-reactive ketones (excluding diaryl/α,β-unsaturated/α-hetero) is 1. The van der Waals surface area contributed by atoms with Gasteiger partial charge in [0.05, 0.1) is 11.8 Å². The maximum atomic E-state index is 13.4. The van der Waals surface area contributed by atoms with E-state index in [1.165, 1.54) is 23.7 Å². The predicted octanol–water partition coefficient (Wildman–Crippen LogP) is 2.21. The second-order valence-electron chi connectivity index (χ2n) is 6.40. The van der Waals surface area contributed by atoms with Gasteiger partial charge in [0.1, 0.15) is 5.82 Å². The van der Waals surface area contributed by atoms with E-state index in [0.717, 1.165) is 17.3 Å². The number of nitrogens with one attached hydrogen (secondary N) is 1. The molecule has 3 N–H and O–H groups in total. The Hall–Kier alpha value is -3.20. The van der Waals surface area contributed by atoms with Crippen LogP contribution < -0.4 is 11.2 Å². The van der Waals surface area contributed by atoms with Crippen molar-refractivity contribution in [1.29, 1.82) is 0 Å². The summed E-state index contributed by atoms with van der Waals surface area (Å²) < 4.78 is 14.6. The number of aromatic nitrogens is 3. The maximum absolute atomic E-state index is 13.4. The Bertz CT molecular complexity index is 1010. The predicted molar refractivity (Wildman–Crippen MR) is 109 cm³/mol. The molecule has 0 bridgehead atoms. The third-order valence-electron chi connectivity index (χ3n) is 4.19. The Kier molecular flexibility index (Phi) is 6.61. The fourth-order valence-electron chi connectivity index (χ4n) is 2.71. The van der Waals surface area contributed by atoms with Gasteiger partial charge >= 0.3 is 0 Å². The fourth-order valence-corrected chi connectivity index (χ4v) is 3.38. The van der Waals surface area contributed by atoms with Crippen molar-refractivity contribution >= 4 is 23.5 Å². The Balaban J connectivity index is 1.61. The second kappa shape index (κ2) is 9.33. The lowest BCUT2D eigenvalue weighted by Gasteiger charge is -2.16. The van der Waals surface area contributed by atoms with Crippen LogP contribution in [0.3, 0.4) is 0 Å². The Morgan fingerprint density at radius 3 is 2.62 bits per heavy atom. The summed E-state index contributed by atoms with van der Waals surface area (Å²) in [7, 11) is 0. The summed E-state index contributed by atoms with van der Waals surface area (Å²) in [5, 5.41) is 11.0. The molecule has 0 radical (unpaired) electrons. The van der Waals surface area contributed by atoms with Crippen molar-refractivity contribution in [3.8, 4) is 11.4 Å². The first-order valence-corrected chi connectivity index (χ1v) is 9.85. The van der Waals surface area contributed by atoms with Crippen LogP contribution >= 0.6 is 11.8 Å². The number of carbonyl (C=O) groups excluding carboxylic acids is 2. The molecule has 29 heavy (non-hydrogen) atoms. The molecule has 1 aromatic heterocycles. The van der Waals surface area contributed by atoms with E-state index in [2.05, 4.69) is 15.5 Å². The van der Waals surface area contributed by atoms with Crippen LogP contribution in [0.15, 0.2) is 59.8 Å². The molecule has 0 aliphatic carbocycles. The minimum atomic E-state index is -0.607. The van der Waals surface area contributed by atoms with Crippen LogP contribution in [0.25, 0.3) is 11.4 Å². The van der Waals surface area contributed by atoms with Crippen molar-refractivity contribution in [3.63, 3.8) is 0 Å². The monoisotopic (exact) mass is 413 g/mol. The lowest BCUT2D eigenvalue weighted by molar-refractivity contribution is -0.125. The van der Waals surface area contributed by atoms with Crippen molar-refractivity contribution in [3.05, 3.63) is 66.0 Å². The first-order valence-electron chi connectivity index (χ1n) is 8.87. The van der Waals surface area contributed by atoms with Crippen LogP contribution in [0.5, 0.6) is 0 Å². The minimum absolute atomic E-state index is 0.0110. The van der Waals surface area contributed by atoms with Crippen molar-refractivity contribution in [1.82, 2.24) is 20.2 Å². The molecule has 3 rings (SSSR count). The molecule has 0 unspecified atom stereocenters. The number of amides is 1. The summed E-state index contributed by atoms with van der Waals surface area (Å²) in [6, 6.07) is 14.7. The summed E-state index contributed by atoms with van der Waals surface area (Å²) in [6.45, 7) is 1.45. The minimum Gasteiger partial charge on any atom is -0.345 e. The number of halogens is 1. The fraction of sp³-hybridized carbons (Fsp3) is 0.200. The van der Waals surface area contributed by atoms with Gasteiger partial charge in [-0.15, -0.1) is 10.2 Å². The van der Waals surface area contributed by atoms with E-state index >= 15 is 0 Å². The zero-order chi connectivity index (χ0) is 20.8. The molecule has 1 amide bonds. The molecule has 1 atom stereocenters. The molecular weight excluding hydrogens is 393 g/mol. The molecule has 150 valence electrons. The van der Waals surface area contributed by atoms with E-state index in [4.69, 9.17) is 5.84 Å². The highest BCUT2D eigenvalue weighted by atomic mass is 32.2. The van der Waals surface area contributed by atoms with Gasteiger partial charge in [-0.2, -0.15) is 0 Å². The van der Waals surface area contributed by atoms with Crippen LogP contribution in [0.2, 0.25) is 0 Å². The van der Waals surface area contributed by atoms with Gasteiger partial charge < -0.3 is 11.2 Å². The number of nitrogens with two attached hydrogens (primary N) is 1. The average molecular weight is 413 g/mol. The third kappa shape index (κ3) is 5.41. The molecule has 0 aliphatic rings. The molecular formula is C20H20FN5O2S. The zero-order valence-corrected chi connectivity index (χ0v) is 16.5. The zero-order valence-electron chi connectivity index (χ0n) is 15.7. The molecule has 0 saturated carbocycles. The molecule has 0 saturated heterocycles. The molecule has 1 heterocycles. The molecule has 2 aromatic carbocycles. The summed E-state index contributed by atoms with van der Waals surface area (Å²) in [6.07, 6.45) is 0.420. The summed E-state index contributed by atoms with van der Waals surface area (Å²) >= 11 is 1.08. The van der Waals surface area contributed by atoms with Crippen LogP contribution in [0, 0.1) is 5.82 Å². The molecule has 0 spiro atoms. The normalized spacial score (nSPS) is 11.8.